The van der Waals surface area contributed by atoms with Crippen LogP contribution in [0, 0.1) is 0 Å². The highest BCUT2D eigenvalue weighted by Crippen LogP contribution is 1.65. The maximum Gasteiger partial charge on any atom is 0.327 e. The second-order valence-corrected chi connectivity index (χ2v) is 0.838. The van der Waals surface area contributed by atoms with E-state index in [9.17, 15) is 4.79 Å². The molecule has 0 heterocycles. The molecule has 3 heteroatoms. The average Bonchev–Trinajstić information content (AvgIpc) is 1.72. The van der Waals surface area contributed by atoms with Gasteiger partial charge in [0.2, 0.25) is 0 Å². The molecule has 0 unspecified atom stereocenters. The van der Waals surface area contributed by atoms with Crippen molar-refractivity contribution in [3.8, 4) is 0 Å². The number of allylic oxidation sites excluding steroid dienone is 1. The molecule has 0 atom stereocenters. The first-order valence-corrected chi connectivity index (χ1v) is 2.07. The number of carboxylic acids is 1. The Morgan fingerprint density at radius 2 is 1.88 bits per heavy atom. The van der Waals surface area contributed by atoms with Gasteiger partial charge in [-0.15, -0.1) is 0 Å². The van der Waals surface area contributed by atoms with E-state index in [1.165, 1.54) is 6.08 Å². The van der Waals surface area contributed by atoms with Crippen molar-refractivity contribution in [2.24, 2.45) is 0 Å². The molecule has 0 aromatic carbocycles. The molecule has 3 nitrogen and oxygen atoms in total. The van der Waals surface area contributed by atoms with Crippen LogP contribution in [0.3, 0.4) is 0 Å². The first kappa shape index (κ1) is 10.2. The summed E-state index contributed by atoms with van der Waals surface area (Å²) in [6.07, 6.45) is 2.56. The Morgan fingerprint density at radius 1 is 1.50 bits per heavy atom. The third-order valence-corrected chi connectivity index (χ3v) is 0.309. The summed E-state index contributed by atoms with van der Waals surface area (Å²) in [5.41, 5.74) is 0. The maximum atomic E-state index is 9.51. The minimum Gasteiger partial charge on any atom is -0.478 e. The minimum atomic E-state index is -0.891. The molecule has 0 rings (SSSR count). The normalized spacial score (nSPS) is 7.88. The van der Waals surface area contributed by atoms with Gasteiger partial charge in [0.05, 0.1) is 0 Å². The van der Waals surface area contributed by atoms with Crippen molar-refractivity contribution in [2.45, 2.75) is 6.92 Å². The van der Waals surface area contributed by atoms with Crippen molar-refractivity contribution in [1.82, 2.24) is 0 Å². The summed E-state index contributed by atoms with van der Waals surface area (Å²) >= 11 is 0. The molecule has 0 fully saturated rings. The molecule has 0 spiro atoms. The van der Waals surface area contributed by atoms with E-state index < -0.39 is 5.97 Å². The maximum absolute atomic E-state index is 9.51. The molecule has 0 aliphatic heterocycles. The molecule has 0 radical (unpaired) electrons. The van der Waals surface area contributed by atoms with E-state index in [2.05, 4.69) is 0 Å². The molecule has 0 aliphatic carbocycles. The molecule has 0 bridgehead atoms. The predicted octanol–water partition coefficient (Wildman–Crippen LogP) is 0.256. The zero-order valence-corrected chi connectivity index (χ0v) is 4.96. The van der Waals surface area contributed by atoms with Crippen LogP contribution in [0.4, 0.5) is 0 Å². The highest BCUT2D eigenvalue weighted by atomic mass is 16.4. The Hall–Kier alpha value is -0.830. The van der Waals surface area contributed by atoms with Crippen LogP contribution in [0.5, 0.6) is 0 Å². The summed E-state index contributed by atoms with van der Waals surface area (Å²) in [6, 6.07) is 0. The van der Waals surface area contributed by atoms with Crippen LogP contribution >= 0.6 is 0 Å². The van der Waals surface area contributed by atoms with Gasteiger partial charge in [0.25, 0.3) is 0 Å². The van der Waals surface area contributed by atoms with Gasteiger partial charge < -0.3 is 10.2 Å². The van der Waals surface area contributed by atoms with Gasteiger partial charge in [-0.3, -0.25) is 0 Å². The number of aliphatic hydroxyl groups is 1. The van der Waals surface area contributed by atoms with Gasteiger partial charge in [-0.2, -0.15) is 0 Å². The highest BCUT2D eigenvalue weighted by molar-refractivity contribution is 5.79. The van der Waals surface area contributed by atoms with Crippen LogP contribution in [0.25, 0.3) is 0 Å². The summed E-state index contributed by atoms with van der Waals surface area (Å²) in [5, 5.41) is 14.8. The third kappa shape index (κ3) is 19.1. The molecule has 8 heavy (non-hydrogen) atoms. The molecule has 0 aromatic rings. The van der Waals surface area contributed by atoms with Crippen molar-refractivity contribution in [3.05, 3.63) is 12.2 Å². The fourth-order valence-electron chi connectivity index (χ4n) is 0.143. The molecular weight excluding hydrogens is 108 g/mol. The quantitative estimate of drug-likeness (QED) is 0.485. The lowest BCUT2D eigenvalue weighted by Gasteiger charge is -1.68. The van der Waals surface area contributed by atoms with Gasteiger partial charge in [0.15, 0.2) is 0 Å². The van der Waals surface area contributed by atoms with Gasteiger partial charge in [0, 0.05) is 13.2 Å². The number of aliphatic hydroxyl groups excluding tert-OH is 1. The molecule has 0 saturated carbocycles. The second-order valence-electron chi connectivity index (χ2n) is 0.838. The van der Waals surface area contributed by atoms with E-state index in [4.69, 9.17) is 10.2 Å². The van der Waals surface area contributed by atoms with E-state index in [1.807, 2.05) is 0 Å². The first-order valence-electron chi connectivity index (χ1n) is 2.07. The van der Waals surface area contributed by atoms with Crippen molar-refractivity contribution >= 4 is 5.97 Å². The van der Waals surface area contributed by atoms with Gasteiger partial charge >= 0.3 is 5.97 Å². The van der Waals surface area contributed by atoms with Crippen LogP contribution in [-0.2, 0) is 4.79 Å². The number of carboxylic acid groups (broad SMARTS) is 1. The van der Waals surface area contributed by atoms with Crippen molar-refractivity contribution < 1.29 is 15.0 Å². The lowest BCUT2D eigenvalue weighted by atomic mass is 10.5. The Balaban J connectivity index is 0. The predicted molar refractivity (Wildman–Crippen MR) is 30.6 cm³/mol. The van der Waals surface area contributed by atoms with Gasteiger partial charge in [-0.05, 0) is 6.92 Å². The molecule has 0 aromatic heterocycles. The van der Waals surface area contributed by atoms with E-state index in [0.717, 1.165) is 13.2 Å². The summed E-state index contributed by atoms with van der Waals surface area (Å²) in [7, 11) is 1.00. The lowest BCUT2D eigenvalue weighted by Crippen LogP contribution is -1.83. The Kier molecular flexibility index (Phi) is 12.1. The monoisotopic (exact) mass is 118 g/mol. The second kappa shape index (κ2) is 9.48. The molecular formula is C5H10O3. The average molecular weight is 118 g/mol. The van der Waals surface area contributed by atoms with Gasteiger partial charge in [0.1, 0.15) is 0 Å². The number of hydrogen-bond acceptors (Lipinski definition) is 2. The van der Waals surface area contributed by atoms with E-state index in [1.54, 1.807) is 6.92 Å². The largest absolute Gasteiger partial charge is 0.478 e. The summed E-state index contributed by atoms with van der Waals surface area (Å²) in [4.78, 5) is 9.51. The Bertz CT molecular complexity index is 75.7. The van der Waals surface area contributed by atoms with E-state index in [0.29, 0.717) is 0 Å². The fourth-order valence-corrected chi connectivity index (χ4v) is 0.143. The van der Waals surface area contributed by atoms with Crippen LogP contribution in [0.15, 0.2) is 12.2 Å². The zero-order valence-electron chi connectivity index (χ0n) is 4.96. The fraction of sp³-hybridized carbons (Fsp3) is 0.400. The standard InChI is InChI=1S/C4H6O2.CH4O/c1-2-3-4(5)6;1-2/h2-3H,1H3,(H,5,6);2H,1H3. The summed E-state index contributed by atoms with van der Waals surface area (Å²) in [5.74, 6) is -0.891. The minimum absolute atomic E-state index is 0.891. The van der Waals surface area contributed by atoms with Crippen LogP contribution in [-0.4, -0.2) is 23.3 Å². The molecule has 48 valence electrons. The smallest absolute Gasteiger partial charge is 0.327 e. The molecule has 2 N–H and O–H groups in total. The third-order valence-electron chi connectivity index (χ3n) is 0.309. The van der Waals surface area contributed by atoms with Crippen molar-refractivity contribution in [1.29, 1.82) is 0 Å². The molecule has 0 amide bonds. The van der Waals surface area contributed by atoms with Crippen molar-refractivity contribution in [2.75, 3.05) is 7.11 Å². The number of aliphatic carboxylic acids is 1. The highest BCUT2D eigenvalue weighted by Gasteiger charge is 1.76. The zero-order chi connectivity index (χ0) is 6.99. The number of hydrogen-bond donors (Lipinski definition) is 2. The van der Waals surface area contributed by atoms with Crippen LogP contribution in [0.2, 0.25) is 0 Å². The van der Waals surface area contributed by atoms with E-state index >= 15 is 0 Å². The summed E-state index contributed by atoms with van der Waals surface area (Å²) < 4.78 is 0. The topological polar surface area (TPSA) is 57.5 Å². The lowest BCUT2D eigenvalue weighted by molar-refractivity contribution is -0.131. The first-order chi connectivity index (χ1) is 3.77. The van der Waals surface area contributed by atoms with Gasteiger partial charge in [-0.25, -0.2) is 4.79 Å². The molecule has 0 aliphatic rings. The number of rotatable bonds is 1. The number of carbonyl (C=O) groups is 1. The van der Waals surface area contributed by atoms with Crippen LogP contribution in [0.1, 0.15) is 6.92 Å². The van der Waals surface area contributed by atoms with E-state index in [-0.39, 0.29) is 0 Å². The Morgan fingerprint density at radius 3 is 1.88 bits per heavy atom. The summed E-state index contributed by atoms with van der Waals surface area (Å²) in [6.45, 7) is 1.66. The Labute approximate surface area is 48.3 Å². The molecule has 0 saturated heterocycles. The SMILES string of the molecule is CC=CC(=O)O.CO. The van der Waals surface area contributed by atoms with Gasteiger partial charge in [-0.1, -0.05) is 6.08 Å². The van der Waals surface area contributed by atoms with Crippen LogP contribution < -0.4 is 0 Å². The van der Waals surface area contributed by atoms with Crippen molar-refractivity contribution in [3.63, 3.8) is 0 Å².